The van der Waals surface area contributed by atoms with Crippen LogP contribution in [0.1, 0.15) is 38.5 Å². The first-order valence-electron chi connectivity index (χ1n) is 12.3. The minimum Gasteiger partial charge on any atom is -0.507 e. The molecular weight excluding hydrogens is 518 g/mol. The third kappa shape index (κ3) is 4.06. The maximum Gasteiger partial charge on any atom is 0.342 e. The van der Waals surface area contributed by atoms with Gasteiger partial charge in [0.2, 0.25) is 0 Å². The summed E-state index contributed by atoms with van der Waals surface area (Å²) in [7, 11) is -2.85. The summed E-state index contributed by atoms with van der Waals surface area (Å²) in [5.74, 6) is -0.904. The van der Waals surface area contributed by atoms with E-state index in [0.29, 0.717) is 34.9 Å². The molecule has 6 rings (SSSR count). The third-order valence-electron chi connectivity index (χ3n) is 7.05. The highest BCUT2D eigenvalue weighted by atomic mass is 32.2. The number of fused-ring (bicyclic) bond motifs is 5. The van der Waals surface area contributed by atoms with E-state index >= 15 is 0 Å². The topological polar surface area (TPSA) is 102 Å². The molecule has 0 saturated heterocycles. The second kappa shape index (κ2) is 9.36. The number of benzene rings is 4. The van der Waals surface area contributed by atoms with Gasteiger partial charge in [0.05, 0.1) is 23.6 Å². The Bertz CT molecular complexity index is 1680. The van der Waals surface area contributed by atoms with Crippen LogP contribution in [0, 0.1) is 6.92 Å². The molecule has 0 unspecified atom stereocenters. The molecule has 2 aliphatic rings. The maximum atomic E-state index is 14.0. The number of sulfonamides is 1. The zero-order chi connectivity index (χ0) is 27.3. The fourth-order valence-corrected chi connectivity index (χ4v) is 6.76. The van der Waals surface area contributed by atoms with Crippen LogP contribution in [0.25, 0.3) is 0 Å². The van der Waals surface area contributed by atoms with Crippen molar-refractivity contribution in [3.8, 4) is 17.2 Å². The molecule has 198 valence electrons. The maximum absolute atomic E-state index is 14.0. The number of esters is 1. The highest BCUT2D eigenvalue weighted by molar-refractivity contribution is 7.92. The summed E-state index contributed by atoms with van der Waals surface area (Å²) in [5, 5.41) is 10.6. The Morgan fingerprint density at radius 1 is 1.00 bits per heavy atom. The van der Waals surface area contributed by atoms with Crippen molar-refractivity contribution in [2.24, 2.45) is 0 Å². The van der Waals surface area contributed by atoms with Crippen molar-refractivity contribution in [3.05, 3.63) is 113 Å². The molecule has 2 heterocycles. The predicted octanol–water partition coefficient (Wildman–Crippen LogP) is 5.13. The molecule has 0 amide bonds. The van der Waals surface area contributed by atoms with Crippen LogP contribution in [-0.4, -0.2) is 32.8 Å². The summed E-state index contributed by atoms with van der Waals surface area (Å²) < 4.78 is 46.5. The van der Waals surface area contributed by atoms with E-state index in [-0.39, 0.29) is 16.2 Å². The number of aromatic hydroxyl groups is 1. The second-order valence-corrected chi connectivity index (χ2v) is 11.3. The molecule has 8 nitrogen and oxygen atoms in total. The van der Waals surface area contributed by atoms with Crippen LogP contribution in [0.3, 0.4) is 0 Å². The SMILES string of the molecule is COC(=O)c1c(O)ccc2c1[C@H]1c3cc(OCc4ccccc4)ccc3N(S(=O)(=O)c3ccc(C)cc3)[C@H]1O2. The minimum atomic E-state index is -4.07. The highest BCUT2D eigenvalue weighted by Crippen LogP contribution is 2.56. The van der Waals surface area contributed by atoms with Gasteiger partial charge in [0.1, 0.15) is 29.4 Å². The van der Waals surface area contributed by atoms with Gasteiger partial charge in [-0.1, -0.05) is 48.0 Å². The number of carbonyl (C=O) groups excluding carboxylic acids is 1. The standard InChI is InChI=1S/C30H25NO7S/c1-18-8-11-21(12-9-18)39(34,35)31-23-13-10-20(37-17-19-6-4-3-5-7-19)16-22(23)26-28-25(38-29(26)31)15-14-24(32)27(28)30(33)36-2/h3-16,26,29,32H,17H2,1-2H3/t26-,29+/m1/s1. The van der Waals surface area contributed by atoms with Gasteiger partial charge in [0, 0.05) is 5.56 Å². The lowest BCUT2D eigenvalue weighted by molar-refractivity contribution is 0.0596. The van der Waals surface area contributed by atoms with Gasteiger partial charge in [-0.2, -0.15) is 0 Å². The summed E-state index contributed by atoms with van der Waals surface area (Å²) in [6.45, 7) is 2.20. The first-order valence-corrected chi connectivity index (χ1v) is 13.8. The molecule has 39 heavy (non-hydrogen) atoms. The Balaban J connectivity index is 1.50. The Kier molecular flexibility index (Phi) is 5.95. The number of methoxy groups -OCH3 is 1. The van der Waals surface area contributed by atoms with Crippen molar-refractivity contribution in [2.45, 2.75) is 30.6 Å². The lowest BCUT2D eigenvalue weighted by Gasteiger charge is -2.26. The molecule has 1 N–H and O–H groups in total. The van der Waals surface area contributed by atoms with Crippen molar-refractivity contribution in [1.82, 2.24) is 0 Å². The average molecular weight is 544 g/mol. The van der Waals surface area contributed by atoms with E-state index in [1.54, 1.807) is 42.5 Å². The fourth-order valence-electron chi connectivity index (χ4n) is 5.19. The number of carbonyl (C=O) groups is 1. The Morgan fingerprint density at radius 2 is 1.74 bits per heavy atom. The van der Waals surface area contributed by atoms with Crippen molar-refractivity contribution in [2.75, 3.05) is 11.4 Å². The van der Waals surface area contributed by atoms with E-state index in [9.17, 15) is 18.3 Å². The van der Waals surface area contributed by atoms with Gasteiger partial charge in [0.15, 0.2) is 6.23 Å². The van der Waals surface area contributed by atoms with E-state index in [4.69, 9.17) is 14.2 Å². The Hall–Kier alpha value is -4.50. The lowest BCUT2D eigenvalue weighted by Crippen LogP contribution is -2.41. The minimum absolute atomic E-state index is 0.0568. The molecule has 0 fully saturated rings. The van der Waals surface area contributed by atoms with Gasteiger partial charge < -0.3 is 19.3 Å². The summed E-state index contributed by atoms with van der Waals surface area (Å²) >= 11 is 0. The van der Waals surface area contributed by atoms with Crippen LogP contribution in [0.2, 0.25) is 0 Å². The zero-order valence-electron chi connectivity index (χ0n) is 21.2. The number of phenolic OH excluding ortho intramolecular Hbond substituents is 1. The zero-order valence-corrected chi connectivity index (χ0v) is 22.0. The van der Waals surface area contributed by atoms with E-state index in [0.717, 1.165) is 11.1 Å². The predicted molar refractivity (Wildman–Crippen MR) is 144 cm³/mol. The number of anilines is 1. The molecular formula is C30H25NO7S. The second-order valence-electron chi connectivity index (χ2n) is 9.46. The molecule has 0 aliphatic carbocycles. The van der Waals surface area contributed by atoms with Gasteiger partial charge in [-0.25, -0.2) is 17.5 Å². The molecule has 0 bridgehead atoms. The Labute approximate surface area is 226 Å². The molecule has 4 aromatic carbocycles. The smallest absolute Gasteiger partial charge is 0.342 e. The van der Waals surface area contributed by atoms with Crippen LogP contribution in [0.15, 0.2) is 89.8 Å². The van der Waals surface area contributed by atoms with Crippen LogP contribution < -0.4 is 13.8 Å². The lowest BCUT2D eigenvalue weighted by atomic mass is 9.89. The first kappa shape index (κ1) is 24.8. The summed E-state index contributed by atoms with van der Waals surface area (Å²) in [6.07, 6.45) is -1.02. The number of phenols is 1. The van der Waals surface area contributed by atoms with Crippen LogP contribution in [0.4, 0.5) is 5.69 Å². The van der Waals surface area contributed by atoms with Gasteiger partial charge in [-0.05, 0) is 60.5 Å². The molecule has 0 radical (unpaired) electrons. The van der Waals surface area contributed by atoms with Crippen molar-refractivity contribution < 1.29 is 32.5 Å². The van der Waals surface area contributed by atoms with Gasteiger partial charge in [-0.15, -0.1) is 0 Å². The largest absolute Gasteiger partial charge is 0.507 e. The molecule has 2 atom stereocenters. The molecule has 9 heteroatoms. The first-order chi connectivity index (χ1) is 18.8. The number of hydrogen-bond acceptors (Lipinski definition) is 7. The molecule has 0 saturated carbocycles. The number of nitrogens with zero attached hydrogens (tertiary/aromatic N) is 1. The fraction of sp³-hybridized carbons (Fsp3) is 0.167. The van der Waals surface area contributed by atoms with E-state index in [1.165, 1.54) is 23.5 Å². The van der Waals surface area contributed by atoms with Crippen molar-refractivity contribution >= 4 is 21.7 Å². The highest BCUT2D eigenvalue weighted by Gasteiger charge is 2.53. The quantitative estimate of drug-likeness (QED) is 0.337. The summed E-state index contributed by atoms with van der Waals surface area (Å²) in [5.41, 5.74) is 3.22. The van der Waals surface area contributed by atoms with E-state index in [1.807, 2.05) is 37.3 Å². The van der Waals surface area contributed by atoms with Gasteiger partial charge in [-0.3, -0.25) is 0 Å². The van der Waals surface area contributed by atoms with Crippen molar-refractivity contribution in [3.63, 3.8) is 0 Å². The number of ether oxygens (including phenoxy) is 3. The monoisotopic (exact) mass is 543 g/mol. The van der Waals surface area contributed by atoms with Crippen LogP contribution in [-0.2, 0) is 21.4 Å². The van der Waals surface area contributed by atoms with E-state index < -0.39 is 28.1 Å². The van der Waals surface area contributed by atoms with E-state index in [2.05, 4.69) is 0 Å². The molecule has 4 aromatic rings. The molecule has 0 spiro atoms. The van der Waals surface area contributed by atoms with Crippen molar-refractivity contribution in [1.29, 1.82) is 0 Å². The number of aryl methyl sites for hydroxylation is 1. The number of hydrogen-bond donors (Lipinski definition) is 1. The van der Waals surface area contributed by atoms with Crippen LogP contribution in [0.5, 0.6) is 17.2 Å². The Morgan fingerprint density at radius 3 is 2.46 bits per heavy atom. The van der Waals surface area contributed by atoms with Crippen LogP contribution >= 0.6 is 0 Å². The molecule has 0 aromatic heterocycles. The van der Waals surface area contributed by atoms with Gasteiger partial charge in [0.25, 0.3) is 10.0 Å². The average Bonchev–Trinajstić information content (AvgIpc) is 3.46. The number of rotatable bonds is 6. The third-order valence-corrected chi connectivity index (χ3v) is 8.84. The van der Waals surface area contributed by atoms with Gasteiger partial charge >= 0.3 is 5.97 Å². The normalized spacial score (nSPS) is 17.1. The molecule has 2 aliphatic heterocycles. The summed E-state index contributed by atoms with van der Waals surface area (Å²) in [6, 6.07) is 24.3. The summed E-state index contributed by atoms with van der Waals surface area (Å²) in [4.78, 5) is 12.9.